The van der Waals surface area contributed by atoms with Crippen molar-refractivity contribution in [2.75, 3.05) is 5.32 Å². The van der Waals surface area contributed by atoms with Crippen molar-refractivity contribution < 1.29 is 9.53 Å². The van der Waals surface area contributed by atoms with Crippen molar-refractivity contribution in [1.82, 2.24) is 0 Å². The van der Waals surface area contributed by atoms with Crippen molar-refractivity contribution in [2.24, 2.45) is 0 Å². The highest BCUT2D eigenvalue weighted by Crippen LogP contribution is 2.25. The van der Waals surface area contributed by atoms with E-state index in [-0.39, 0.29) is 5.91 Å². The van der Waals surface area contributed by atoms with Crippen LogP contribution in [0.25, 0.3) is 0 Å². The molecule has 0 radical (unpaired) electrons. The van der Waals surface area contributed by atoms with Gasteiger partial charge in [-0.15, -0.1) is 0 Å². The molecule has 1 aliphatic carbocycles. The number of nitrogens with one attached hydrogen (secondary N) is 1. The fraction of sp³-hybridized carbons (Fsp3) is 0.208. The zero-order valence-electron chi connectivity index (χ0n) is 15.5. The van der Waals surface area contributed by atoms with Gasteiger partial charge >= 0.3 is 0 Å². The summed E-state index contributed by atoms with van der Waals surface area (Å²) in [5.41, 5.74) is 5.33. The third-order valence-corrected chi connectivity index (χ3v) is 4.95. The number of rotatable bonds is 4. The number of fused-ring (bicyclic) bond motifs is 1. The van der Waals surface area contributed by atoms with Gasteiger partial charge in [-0.2, -0.15) is 0 Å². The molecule has 27 heavy (non-hydrogen) atoms. The van der Waals surface area contributed by atoms with Gasteiger partial charge in [-0.05, 0) is 97.8 Å². The first-order valence-electron chi connectivity index (χ1n) is 9.45. The lowest BCUT2D eigenvalue weighted by Crippen LogP contribution is -2.13. The van der Waals surface area contributed by atoms with Crippen LogP contribution in [0.5, 0.6) is 11.5 Å². The van der Waals surface area contributed by atoms with Gasteiger partial charge < -0.3 is 10.1 Å². The van der Waals surface area contributed by atoms with Crippen LogP contribution in [0.4, 0.5) is 5.69 Å². The molecule has 0 aliphatic heterocycles. The van der Waals surface area contributed by atoms with Gasteiger partial charge in [-0.1, -0.05) is 18.2 Å². The molecule has 1 aliphatic rings. The Kier molecular flexibility index (Phi) is 4.93. The maximum atomic E-state index is 12.6. The summed E-state index contributed by atoms with van der Waals surface area (Å²) in [6.45, 7) is 2.03. The zero-order valence-corrected chi connectivity index (χ0v) is 15.5. The lowest BCUT2D eigenvalue weighted by atomic mass is 9.90. The highest BCUT2D eigenvalue weighted by atomic mass is 16.5. The van der Waals surface area contributed by atoms with E-state index in [0.717, 1.165) is 41.2 Å². The molecule has 0 unspecified atom stereocenters. The Labute approximate surface area is 160 Å². The molecule has 3 nitrogen and oxygen atoms in total. The van der Waals surface area contributed by atoms with Gasteiger partial charge in [-0.3, -0.25) is 4.79 Å². The van der Waals surface area contributed by atoms with Crippen molar-refractivity contribution >= 4 is 11.6 Å². The number of aryl methyl sites for hydroxylation is 3. The first-order chi connectivity index (χ1) is 13.2. The van der Waals surface area contributed by atoms with Crippen LogP contribution in [0.2, 0.25) is 0 Å². The average molecular weight is 357 g/mol. The predicted octanol–water partition coefficient (Wildman–Crippen LogP) is 5.92. The average Bonchev–Trinajstić information content (AvgIpc) is 2.69. The summed E-state index contributed by atoms with van der Waals surface area (Å²) in [5.74, 6) is 1.48. The minimum absolute atomic E-state index is 0.0734. The summed E-state index contributed by atoms with van der Waals surface area (Å²) in [6, 6.07) is 21.4. The molecule has 0 saturated carbocycles. The second kappa shape index (κ2) is 7.67. The normalized spacial score (nSPS) is 12.9. The minimum atomic E-state index is -0.0734. The number of amides is 1. The summed E-state index contributed by atoms with van der Waals surface area (Å²) >= 11 is 0. The summed E-state index contributed by atoms with van der Waals surface area (Å²) in [4.78, 5) is 12.6. The van der Waals surface area contributed by atoms with Gasteiger partial charge in [0.15, 0.2) is 0 Å². The zero-order chi connectivity index (χ0) is 18.6. The Morgan fingerprint density at radius 3 is 2.41 bits per heavy atom. The Hall–Kier alpha value is -3.07. The number of benzene rings is 3. The Morgan fingerprint density at radius 2 is 1.63 bits per heavy atom. The molecule has 0 bridgehead atoms. The molecular weight excluding hydrogens is 334 g/mol. The maximum Gasteiger partial charge on any atom is 0.255 e. The van der Waals surface area contributed by atoms with Gasteiger partial charge in [0.2, 0.25) is 0 Å². The van der Waals surface area contributed by atoms with E-state index in [1.807, 2.05) is 67.6 Å². The first kappa shape index (κ1) is 17.3. The number of carbonyl (C=O) groups is 1. The summed E-state index contributed by atoms with van der Waals surface area (Å²) in [6.07, 6.45) is 4.65. The predicted molar refractivity (Wildman–Crippen MR) is 109 cm³/mol. The van der Waals surface area contributed by atoms with Gasteiger partial charge in [-0.25, -0.2) is 0 Å². The van der Waals surface area contributed by atoms with Gasteiger partial charge in [0.05, 0.1) is 0 Å². The largest absolute Gasteiger partial charge is 0.457 e. The van der Waals surface area contributed by atoms with E-state index in [0.29, 0.717) is 0 Å². The molecular formula is C24H23NO2. The van der Waals surface area contributed by atoms with Crippen LogP contribution in [-0.4, -0.2) is 5.91 Å². The van der Waals surface area contributed by atoms with E-state index in [1.165, 1.54) is 24.0 Å². The number of carbonyl (C=O) groups excluding carboxylic acids is 1. The third-order valence-electron chi connectivity index (χ3n) is 4.95. The second-order valence-corrected chi connectivity index (χ2v) is 7.09. The minimum Gasteiger partial charge on any atom is -0.457 e. The third kappa shape index (κ3) is 4.20. The van der Waals surface area contributed by atoms with Gasteiger partial charge in [0, 0.05) is 11.3 Å². The number of hydrogen-bond donors (Lipinski definition) is 1. The van der Waals surface area contributed by atoms with E-state index >= 15 is 0 Å². The first-order valence-corrected chi connectivity index (χ1v) is 9.45. The highest BCUT2D eigenvalue weighted by molar-refractivity contribution is 6.04. The number of anilines is 1. The Balaban J connectivity index is 1.43. The fourth-order valence-corrected chi connectivity index (χ4v) is 3.50. The molecule has 4 rings (SSSR count). The highest BCUT2D eigenvalue weighted by Gasteiger charge is 2.13. The number of hydrogen-bond acceptors (Lipinski definition) is 2. The van der Waals surface area contributed by atoms with Gasteiger partial charge in [0.25, 0.3) is 5.91 Å². The van der Waals surface area contributed by atoms with Crippen LogP contribution in [0.15, 0.2) is 66.7 Å². The molecule has 1 amide bonds. The SMILES string of the molecule is Cc1cccc(Oc2ccc(NC(=O)c3ccc4c(c3)CCCC4)cc2)c1. The van der Waals surface area contributed by atoms with Crippen LogP contribution >= 0.6 is 0 Å². The lowest BCUT2D eigenvalue weighted by molar-refractivity contribution is 0.102. The molecule has 3 aromatic carbocycles. The van der Waals surface area contributed by atoms with Crippen molar-refractivity contribution in [3.63, 3.8) is 0 Å². The van der Waals surface area contributed by atoms with Crippen molar-refractivity contribution in [3.05, 3.63) is 89.0 Å². The fourth-order valence-electron chi connectivity index (χ4n) is 3.50. The summed E-state index contributed by atoms with van der Waals surface area (Å²) in [7, 11) is 0. The van der Waals surface area contributed by atoms with Crippen LogP contribution in [0, 0.1) is 6.92 Å². The van der Waals surface area contributed by atoms with Crippen molar-refractivity contribution in [3.8, 4) is 11.5 Å². The molecule has 3 aromatic rings. The summed E-state index contributed by atoms with van der Waals surface area (Å²) in [5, 5.41) is 2.97. The molecule has 0 spiro atoms. The van der Waals surface area contributed by atoms with Crippen molar-refractivity contribution in [1.29, 1.82) is 0 Å². The molecule has 0 heterocycles. The summed E-state index contributed by atoms with van der Waals surface area (Å²) < 4.78 is 5.85. The second-order valence-electron chi connectivity index (χ2n) is 7.09. The molecule has 0 aromatic heterocycles. The van der Waals surface area contributed by atoms with Crippen LogP contribution in [-0.2, 0) is 12.8 Å². The molecule has 0 atom stereocenters. The van der Waals surface area contributed by atoms with E-state index in [1.54, 1.807) is 0 Å². The molecule has 0 saturated heterocycles. The van der Waals surface area contributed by atoms with E-state index < -0.39 is 0 Å². The smallest absolute Gasteiger partial charge is 0.255 e. The van der Waals surface area contributed by atoms with Crippen LogP contribution < -0.4 is 10.1 Å². The standard InChI is InChI=1S/C24H23NO2/c1-17-5-4-8-23(15-17)27-22-13-11-21(12-14-22)25-24(26)20-10-9-18-6-2-3-7-19(18)16-20/h4-5,8-16H,2-3,6-7H2,1H3,(H,25,26). The molecule has 136 valence electrons. The Bertz CT molecular complexity index is 960. The molecule has 0 fully saturated rings. The van der Waals surface area contributed by atoms with Gasteiger partial charge in [0.1, 0.15) is 11.5 Å². The Morgan fingerprint density at radius 1 is 0.852 bits per heavy atom. The van der Waals surface area contributed by atoms with E-state index in [2.05, 4.69) is 11.4 Å². The van der Waals surface area contributed by atoms with Crippen LogP contribution in [0.3, 0.4) is 0 Å². The quantitative estimate of drug-likeness (QED) is 0.629. The molecule has 1 N–H and O–H groups in total. The lowest BCUT2D eigenvalue weighted by Gasteiger charge is -2.16. The monoisotopic (exact) mass is 357 g/mol. The maximum absolute atomic E-state index is 12.6. The topological polar surface area (TPSA) is 38.3 Å². The van der Waals surface area contributed by atoms with Crippen LogP contribution in [0.1, 0.15) is 39.9 Å². The van der Waals surface area contributed by atoms with E-state index in [4.69, 9.17) is 4.74 Å². The van der Waals surface area contributed by atoms with Crippen molar-refractivity contribution in [2.45, 2.75) is 32.6 Å². The van der Waals surface area contributed by atoms with E-state index in [9.17, 15) is 4.79 Å². The number of ether oxygens (including phenoxy) is 1. The molecule has 3 heteroatoms.